The van der Waals surface area contributed by atoms with E-state index in [1.165, 1.54) is 12.1 Å². The number of halogens is 5. The molecule has 0 heterocycles. The molecular weight excluding hydrogens is 324 g/mol. The summed E-state index contributed by atoms with van der Waals surface area (Å²) < 4.78 is 38.7. The van der Waals surface area contributed by atoms with Crippen LogP contribution in [0.4, 0.5) is 13.2 Å². The lowest BCUT2D eigenvalue weighted by Gasteiger charge is -2.12. The maximum Gasteiger partial charge on any atom is 0.417 e. The molecule has 0 atom stereocenters. The molecule has 0 bridgehead atoms. The van der Waals surface area contributed by atoms with Gasteiger partial charge in [0.2, 0.25) is 0 Å². The van der Waals surface area contributed by atoms with E-state index in [-0.39, 0.29) is 22.0 Å². The van der Waals surface area contributed by atoms with E-state index < -0.39 is 17.5 Å². The van der Waals surface area contributed by atoms with E-state index in [4.69, 9.17) is 23.2 Å². The van der Waals surface area contributed by atoms with E-state index in [2.05, 4.69) is 0 Å². The fourth-order valence-electron chi connectivity index (χ4n) is 1.93. The molecule has 0 aliphatic carbocycles. The predicted octanol–water partition coefficient (Wildman–Crippen LogP) is 5.44. The van der Waals surface area contributed by atoms with Gasteiger partial charge in [-0.15, -0.1) is 0 Å². The second-order valence-electron chi connectivity index (χ2n) is 4.36. The van der Waals surface area contributed by atoms with Crippen LogP contribution in [0.25, 0.3) is 0 Å². The fourth-order valence-corrected chi connectivity index (χ4v) is 2.31. The van der Waals surface area contributed by atoms with Crippen LogP contribution >= 0.6 is 23.2 Å². The Bertz CT molecular complexity index is 681. The molecule has 0 radical (unpaired) electrons. The molecule has 2 aromatic rings. The first-order valence-corrected chi connectivity index (χ1v) is 6.68. The van der Waals surface area contributed by atoms with Gasteiger partial charge in [0, 0.05) is 12.0 Å². The van der Waals surface area contributed by atoms with Gasteiger partial charge in [-0.05, 0) is 17.7 Å². The quantitative estimate of drug-likeness (QED) is 0.684. The molecule has 0 aliphatic rings. The Morgan fingerprint density at radius 2 is 1.67 bits per heavy atom. The van der Waals surface area contributed by atoms with Crippen molar-refractivity contribution in [1.82, 2.24) is 0 Å². The maximum atomic E-state index is 12.9. The highest BCUT2D eigenvalue weighted by molar-refractivity contribution is 6.42. The maximum absolute atomic E-state index is 12.9. The van der Waals surface area contributed by atoms with E-state index >= 15 is 0 Å². The Kier molecular flexibility index (Phi) is 4.59. The van der Waals surface area contributed by atoms with Crippen LogP contribution < -0.4 is 0 Å². The highest BCUT2D eigenvalue weighted by atomic mass is 35.5. The minimum atomic E-state index is -4.58. The molecule has 6 heteroatoms. The van der Waals surface area contributed by atoms with E-state index in [1.807, 2.05) is 0 Å². The summed E-state index contributed by atoms with van der Waals surface area (Å²) in [5, 5.41) is 0.433. The van der Waals surface area contributed by atoms with Gasteiger partial charge in [-0.3, -0.25) is 4.79 Å². The van der Waals surface area contributed by atoms with Crippen LogP contribution in [0.2, 0.25) is 10.0 Å². The Balaban J connectivity index is 2.36. The summed E-state index contributed by atoms with van der Waals surface area (Å²) >= 11 is 11.8. The van der Waals surface area contributed by atoms with Crippen LogP contribution in [0.3, 0.4) is 0 Å². The van der Waals surface area contributed by atoms with Gasteiger partial charge in [0.15, 0.2) is 5.78 Å². The number of alkyl halides is 3. The standard InChI is InChI=1S/C15H9Cl2F3O/c16-12-7-3-4-9(14(12)17)8-13(21)10-5-1-2-6-11(10)15(18,19)20/h1-7H,8H2. The van der Waals surface area contributed by atoms with Gasteiger partial charge in [0.1, 0.15) is 0 Å². The summed E-state index contributed by atoms with van der Waals surface area (Å²) in [6.45, 7) is 0. The lowest BCUT2D eigenvalue weighted by atomic mass is 9.98. The van der Waals surface area contributed by atoms with Crippen molar-refractivity contribution in [2.45, 2.75) is 12.6 Å². The second-order valence-corrected chi connectivity index (χ2v) is 5.14. The molecule has 2 aromatic carbocycles. The molecule has 0 fully saturated rings. The topological polar surface area (TPSA) is 17.1 Å². The summed E-state index contributed by atoms with van der Waals surface area (Å²) in [6.07, 6.45) is -4.82. The van der Waals surface area contributed by atoms with Crippen LogP contribution in [0.15, 0.2) is 42.5 Å². The number of Topliss-reactive ketones (excluding diaryl/α,β-unsaturated/α-hetero) is 1. The zero-order valence-corrected chi connectivity index (χ0v) is 12.1. The summed E-state index contributed by atoms with van der Waals surface area (Å²) in [5.74, 6) is -0.660. The average Bonchev–Trinajstić information content (AvgIpc) is 2.43. The second kappa shape index (κ2) is 6.08. The third-order valence-electron chi connectivity index (χ3n) is 2.92. The van der Waals surface area contributed by atoms with Gasteiger partial charge in [0.05, 0.1) is 15.6 Å². The minimum Gasteiger partial charge on any atom is -0.294 e. The molecule has 2 rings (SSSR count). The smallest absolute Gasteiger partial charge is 0.294 e. The Labute approximate surface area is 129 Å². The fraction of sp³-hybridized carbons (Fsp3) is 0.133. The number of ketones is 1. The monoisotopic (exact) mass is 332 g/mol. The van der Waals surface area contributed by atoms with Crippen LogP contribution in [0.5, 0.6) is 0 Å². The van der Waals surface area contributed by atoms with Crippen molar-refractivity contribution in [2.75, 3.05) is 0 Å². The predicted molar refractivity (Wildman–Crippen MR) is 75.9 cm³/mol. The van der Waals surface area contributed by atoms with Crippen LogP contribution in [0.1, 0.15) is 21.5 Å². The van der Waals surface area contributed by atoms with E-state index in [0.29, 0.717) is 5.56 Å². The Hall–Kier alpha value is -1.52. The van der Waals surface area contributed by atoms with Crippen LogP contribution in [0, 0.1) is 0 Å². The normalized spacial score (nSPS) is 11.5. The molecule has 0 unspecified atom stereocenters. The van der Waals surface area contributed by atoms with Gasteiger partial charge in [-0.1, -0.05) is 53.5 Å². The van der Waals surface area contributed by atoms with Crippen molar-refractivity contribution in [3.8, 4) is 0 Å². The van der Waals surface area contributed by atoms with Gasteiger partial charge in [-0.25, -0.2) is 0 Å². The highest BCUT2D eigenvalue weighted by Gasteiger charge is 2.34. The van der Waals surface area contributed by atoms with Crippen LogP contribution in [-0.4, -0.2) is 5.78 Å². The Morgan fingerprint density at radius 3 is 2.33 bits per heavy atom. The zero-order valence-electron chi connectivity index (χ0n) is 10.5. The molecule has 0 aliphatic heterocycles. The minimum absolute atomic E-state index is 0.178. The first kappa shape index (κ1) is 15.9. The largest absolute Gasteiger partial charge is 0.417 e. The molecule has 1 nitrogen and oxygen atoms in total. The van der Waals surface area contributed by atoms with Crippen LogP contribution in [-0.2, 0) is 12.6 Å². The first-order chi connectivity index (χ1) is 9.80. The van der Waals surface area contributed by atoms with Gasteiger partial charge < -0.3 is 0 Å². The molecule has 0 amide bonds. The van der Waals surface area contributed by atoms with E-state index in [0.717, 1.165) is 12.1 Å². The van der Waals surface area contributed by atoms with Crippen molar-refractivity contribution < 1.29 is 18.0 Å². The first-order valence-electron chi connectivity index (χ1n) is 5.93. The Morgan fingerprint density at radius 1 is 1.00 bits per heavy atom. The zero-order chi connectivity index (χ0) is 15.6. The van der Waals surface area contributed by atoms with Crippen molar-refractivity contribution in [1.29, 1.82) is 0 Å². The number of hydrogen-bond acceptors (Lipinski definition) is 1. The summed E-state index contributed by atoms with van der Waals surface area (Å²) in [7, 11) is 0. The van der Waals surface area contributed by atoms with Gasteiger partial charge in [0.25, 0.3) is 0 Å². The van der Waals surface area contributed by atoms with E-state index in [1.54, 1.807) is 18.2 Å². The molecule has 0 saturated carbocycles. The highest BCUT2D eigenvalue weighted by Crippen LogP contribution is 2.33. The van der Waals surface area contributed by atoms with Crippen molar-refractivity contribution in [3.05, 3.63) is 69.2 Å². The molecule has 0 spiro atoms. The summed E-state index contributed by atoms with van der Waals surface area (Å²) in [6, 6.07) is 9.36. The number of carbonyl (C=O) groups is 1. The molecule has 0 saturated heterocycles. The number of carbonyl (C=O) groups excluding carboxylic acids is 1. The van der Waals surface area contributed by atoms with E-state index in [9.17, 15) is 18.0 Å². The molecule has 0 N–H and O–H groups in total. The lowest BCUT2D eigenvalue weighted by molar-refractivity contribution is -0.137. The lowest BCUT2D eigenvalue weighted by Crippen LogP contribution is -2.14. The number of benzene rings is 2. The number of hydrogen-bond donors (Lipinski definition) is 0. The summed E-state index contributed by atoms with van der Waals surface area (Å²) in [5.41, 5.74) is -0.930. The molecule has 21 heavy (non-hydrogen) atoms. The summed E-state index contributed by atoms with van der Waals surface area (Å²) in [4.78, 5) is 12.1. The number of rotatable bonds is 3. The third-order valence-corrected chi connectivity index (χ3v) is 3.77. The molecule has 0 aromatic heterocycles. The van der Waals surface area contributed by atoms with Crippen molar-refractivity contribution >= 4 is 29.0 Å². The van der Waals surface area contributed by atoms with Crippen molar-refractivity contribution in [2.24, 2.45) is 0 Å². The third kappa shape index (κ3) is 3.57. The van der Waals surface area contributed by atoms with Gasteiger partial charge in [-0.2, -0.15) is 13.2 Å². The van der Waals surface area contributed by atoms with Crippen molar-refractivity contribution in [3.63, 3.8) is 0 Å². The molecule has 110 valence electrons. The SMILES string of the molecule is O=C(Cc1cccc(Cl)c1Cl)c1ccccc1C(F)(F)F. The van der Waals surface area contributed by atoms with Gasteiger partial charge >= 0.3 is 6.18 Å². The molecular formula is C15H9Cl2F3O. The average molecular weight is 333 g/mol.